The summed E-state index contributed by atoms with van der Waals surface area (Å²) in [5.74, 6) is 1.12. The van der Waals surface area contributed by atoms with Gasteiger partial charge in [-0.2, -0.15) is 5.10 Å². The van der Waals surface area contributed by atoms with Crippen molar-refractivity contribution < 1.29 is 14.3 Å². The summed E-state index contributed by atoms with van der Waals surface area (Å²) in [4.78, 5) is 12.6. The van der Waals surface area contributed by atoms with Crippen molar-refractivity contribution in [1.29, 1.82) is 0 Å². The highest BCUT2D eigenvalue weighted by Gasteiger charge is 2.13. The lowest BCUT2D eigenvalue weighted by atomic mass is 10.1. The van der Waals surface area contributed by atoms with Crippen LogP contribution in [0.2, 0.25) is 0 Å². The highest BCUT2D eigenvalue weighted by Crippen LogP contribution is 2.28. The number of nitrogens with one attached hydrogen (secondary N) is 1. The fourth-order valence-electron chi connectivity index (χ4n) is 3.01. The first kappa shape index (κ1) is 18.5. The molecule has 0 fully saturated rings. The monoisotopic (exact) mass is 365 g/mol. The molecular formula is C21H23N3O3. The van der Waals surface area contributed by atoms with Crippen LogP contribution in [0.4, 0.5) is 5.69 Å². The molecule has 1 amide bonds. The van der Waals surface area contributed by atoms with Crippen molar-refractivity contribution in [3.63, 3.8) is 0 Å². The van der Waals surface area contributed by atoms with Crippen molar-refractivity contribution in [3.8, 4) is 17.2 Å². The second-order valence-corrected chi connectivity index (χ2v) is 6.27. The van der Waals surface area contributed by atoms with Crippen molar-refractivity contribution >= 4 is 11.6 Å². The highest BCUT2D eigenvalue weighted by atomic mass is 16.5. The molecule has 0 bridgehead atoms. The summed E-state index contributed by atoms with van der Waals surface area (Å²) in [5.41, 5.74) is 4.33. The van der Waals surface area contributed by atoms with E-state index in [4.69, 9.17) is 9.47 Å². The van der Waals surface area contributed by atoms with E-state index < -0.39 is 0 Å². The Hall–Kier alpha value is -3.28. The van der Waals surface area contributed by atoms with Crippen molar-refractivity contribution in [2.75, 3.05) is 19.5 Å². The van der Waals surface area contributed by atoms with Crippen molar-refractivity contribution in [2.24, 2.45) is 0 Å². The van der Waals surface area contributed by atoms with Crippen LogP contribution in [0, 0.1) is 13.8 Å². The van der Waals surface area contributed by atoms with Gasteiger partial charge in [0.25, 0.3) is 0 Å². The second kappa shape index (κ2) is 7.95. The highest BCUT2D eigenvalue weighted by molar-refractivity contribution is 5.94. The van der Waals surface area contributed by atoms with E-state index in [1.54, 1.807) is 20.3 Å². The molecule has 140 valence electrons. The molecule has 0 spiro atoms. The first-order chi connectivity index (χ1) is 13.0. The van der Waals surface area contributed by atoms with Gasteiger partial charge in [0.05, 0.1) is 37.7 Å². The lowest BCUT2D eigenvalue weighted by Crippen LogP contribution is -2.16. The summed E-state index contributed by atoms with van der Waals surface area (Å²) in [5, 5.41) is 7.50. The number of anilines is 1. The fraction of sp³-hybridized carbons (Fsp3) is 0.238. The molecule has 1 heterocycles. The average molecular weight is 365 g/mol. The van der Waals surface area contributed by atoms with Gasteiger partial charge in [0.15, 0.2) is 11.5 Å². The first-order valence-corrected chi connectivity index (χ1v) is 8.65. The van der Waals surface area contributed by atoms with Crippen molar-refractivity contribution in [3.05, 3.63) is 65.5 Å². The van der Waals surface area contributed by atoms with Gasteiger partial charge in [0, 0.05) is 5.69 Å². The second-order valence-electron chi connectivity index (χ2n) is 6.27. The van der Waals surface area contributed by atoms with Crippen LogP contribution in [0.15, 0.2) is 48.5 Å². The van der Waals surface area contributed by atoms with Crippen molar-refractivity contribution in [2.45, 2.75) is 20.3 Å². The van der Waals surface area contributed by atoms with Crippen LogP contribution in [0.3, 0.4) is 0 Å². The van der Waals surface area contributed by atoms with Crippen molar-refractivity contribution in [1.82, 2.24) is 9.78 Å². The lowest BCUT2D eigenvalue weighted by Gasteiger charge is -2.13. The Balaban J connectivity index is 1.80. The first-order valence-electron chi connectivity index (χ1n) is 8.65. The molecule has 1 aromatic heterocycles. The van der Waals surface area contributed by atoms with Gasteiger partial charge in [0.1, 0.15) is 0 Å². The number of hydrogen-bond acceptors (Lipinski definition) is 4. The molecular weight excluding hydrogens is 342 g/mol. The zero-order chi connectivity index (χ0) is 19.4. The van der Waals surface area contributed by atoms with E-state index >= 15 is 0 Å². The summed E-state index contributed by atoms with van der Waals surface area (Å²) in [6.07, 6.45) is 0.228. The molecule has 0 aliphatic carbocycles. The Morgan fingerprint density at radius 3 is 2.44 bits per heavy atom. The maximum Gasteiger partial charge on any atom is 0.228 e. The number of amides is 1. The molecule has 2 aromatic carbocycles. The van der Waals surface area contributed by atoms with Crippen LogP contribution in [-0.4, -0.2) is 29.9 Å². The van der Waals surface area contributed by atoms with E-state index in [1.807, 2.05) is 61.0 Å². The van der Waals surface area contributed by atoms with Crippen LogP contribution in [0.1, 0.15) is 17.0 Å². The predicted molar refractivity (Wildman–Crippen MR) is 105 cm³/mol. The molecule has 0 unspecified atom stereocenters. The Kier molecular flexibility index (Phi) is 5.45. The summed E-state index contributed by atoms with van der Waals surface area (Å²) in [6, 6.07) is 15.1. The molecule has 0 atom stereocenters. The summed E-state index contributed by atoms with van der Waals surface area (Å²) >= 11 is 0. The van der Waals surface area contributed by atoms with E-state index in [0.29, 0.717) is 17.2 Å². The average Bonchev–Trinajstić information content (AvgIpc) is 3.00. The van der Waals surface area contributed by atoms with Crippen LogP contribution in [-0.2, 0) is 11.2 Å². The minimum atomic E-state index is -0.115. The van der Waals surface area contributed by atoms with E-state index in [1.165, 1.54) is 0 Å². The molecule has 27 heavy (non-hydrogen) atoms. The molecule has 6 heteroatoms. The Morgan fingerprint density at radius 1 is 1.04 bits per heavy atom. The maximum absolute atomic E-state index is 12.6. The third-order valence-electron chi connectivity index (χ3n) is 4.23. The summed E-state index contributed by atoms with van der Waals surface area (Å²) in [7, 11) is 3.16. The van der Waals surface area contributed by atoms with Crippen LogP contribution < -0.4 is 14.8 Å². The van der Waals surface area contributed by atoms with Gasteiger partial charge in [-0.05, 0) is 49.7 Å². The third kappa shape index (κ3) is 4.11. The SMILES string of the molecule is COc1ccc(CC(=O)Nc2ccccc2-n2nc(C)cc2C)cc1OC. The normalized spacial score (nSPS) is 10.5. The predicted octanol–water partition coefficient (Wildman–Crippen LogP) is 3.69. The number of nitrogens with zero attached hydrogens (tertiary/aromatic N) is 2. The largest absolute Gasteiger partial charge is 0.493 e. The minimum Gasteiger partial charge on any atom is -0.493 e. The Morgan fingerprint density at radius 2 is 1.78 bits per heavy atom. The number of methoxy groups -OCH3 is 2. The molecule has 1 N–H and O–H groups in total. The number of aromatic nitrogens is 2. The topological polar surface area (TPSA) is 65.4 Å². The van der Waals surface area contributed by atoms with E-state index in [2.05, 4.69) is 10.4 Å². The molecule has 6 nitrogen and oxygen atoms in total. The van der Waals surface area contributed by atoms with E-state index in [-0.39, 0.29) is 12.3 Å². The molecule has 0 aliphatic rings. The standard InChI is InChI=1S/C21H23N3O3/c1-14-11-15(2)24(23-14)18-8-6-5-7-17(18)22-21(25)13-16-9-10-19(26-3)20(12-16)27-4/h5-12H,13H2,1-4H3,(H,22,25). The van der Waals surface area contributed by atoms with Gasteiger partial charge in [-0.3, -0.25) is 4.79 Å². The number of carbonyl (C=O) groups is 1. The number of carbonyl (C=O) groups excluding carboxylic acids is 1. The molecule has 0 saturated heterocycles. The lowest BCUT2D eigenvalue weighted by molar-refractivity contribution is -0.115. The number of benzene rings is 2. The van der Waals surface area contributed by atoms with Gasteiger partial charge < -0.3 is 14.8 Å². The van der Waals surface area contributed by atoms with Gasteiger partial charge in [-0.15, -0.1) is 0 Å². The van der Waals surface area contributed by atoms with Gasteiger partial charge in [-0.25, -0.2) is 4.68 Å². The van der Waals surface area contributed by atoms with Gasteiger partial charge in [-0.1, -0.05) is 18.2 Å². The third-order valence-corrected chi connectivity index (χ3v) is 4.23. The van der Waals surface area contributed by atoms with Gasteiger partial charge in [0.2, 0.25) is 5.91 Å². The van der Waals surface area contributed by atoms with E-state index in [9.17, 15) is 4.79 Å². The van der Waals surface area contributed by atoms with Crippen LogP contribution in [0.25, 0.3) is 5.69 Å². The molecule has 0 saturated carbocycles. The van der Waals surface area contributed by atoms with E-state index in [0.717, 1.165) is 22.6 Å². The molecule has 3 aromatic rings. The Labute approximate surface area is 158 Å². The number of ether oxygens (including phenoxy) is 2. The zero-order valence-corrected chi connectivity index (χ0v) is 15.9. The van der Waals surface area contributed by atoms with Gasteiger partial charge >= 0.3 is 0 Å². The minimum absolute atomic E-state index is 0.115. The molecule has 0 aliphatic heterocycles. The zero-order valence-electron chi connectivity index (χ0n) is 15.9. The quantitative estimate of drug-likeness (QED) is 0.724. The summed E-state index contributed by atoms with van der Waals surface area (Å²) in [6.45, 7) is 3.93. The Bertz CT molecular complexity index is 963. The molecule has 0 radical (unpaired) electrons. The van der Waals surface area contributed by atoms with Crippen LogP contribution >= 0.6 is 0 Å². The number of hydrogen-bond donors (Lipinski definition) is 1. The molecule has 3 rings (SSSR count). The number of rotatable bonds is 6. The number of aryl methyl sites for hydroxylation is 2. The summed E-state index contributed by atoms with van der Waals surface area (Å²) < 4.78 is 12.4. The fourth-order valence-corrected chi connectivity index (χ4v) is 3.01. The van der Waals surface area contributed by atoms with Crippen LogP contribution in [0.5, 0.6) is 11.5 Å². The number of para-hydroxylation sites is 2. The smallest absolute Gasteiger partial charge is 0.228 e. The maximum atomic E-state index is 12.6.